The van der Waals surface area contributed by atoms with Crippen molar-refractivity contribution in [3.8, 4) is 0 Å². The molecular weight excluding hydrogens is 234 g/mol. The van der Waals surface area contributed by atoms with Crippen molar-refractivity contribution in [2.75, 3.05) is 0 Å². The van der Waals surface area contributed by atoms with E-state index in [-0.39, 0.29) is 0 Å². The number of aryl methyl sites for hydroxylation is 2. The van der Waals surface area contributed by atoms with Crippen LogP contribution < -0.4 is 5.32 Å². The summed E-state index contributed by atoms with van der Waals surface area (Å²) in [5.74, 6) is 0.738. The molecule has 3 nitrogen and oxygen atoms in total. The van der Waals surface area contributed by atoms with Crippen LogP contribution in [0, 0.1) is 6.92 Å². The third-order valence-electron chi connectivity index (χ3n) is 4.11. The summed E-state index contributed by atoms with van der Waals surface area (Å²) in [6, 6.07) is 11.5. The summed E-state index contributed by atoms with van der Waals surface area (Å²) in [7, 11) is 1.96. The highest BCUT2D eigenvalue weighted by Crippen LogP contribution is 2.38. The minimum atomic E-state index is 0.645. The highest BCUT2D eigenvalue weighted by molar-refractivity contribution is 5.31. The van der Waals surface area contributed by atoms with Gasteiger partial charge in [0.25, 0.3) is 0 Å². The summed E-state index contributed by atoms with van der Waals surface area (Å²) < 4.78 is 1.86. The van der Waals surface area contributed by atoms with Crippen molar-refractivity contribution in [1.29, 1.82) is 0 Å². The Kier molecular flexibility index (Phi) is 3.38. The van der Waals surface area contributed by atoms with Crippen molar-refractivity contribution >= 4 is 0 Å². The lowest BCUT2D eigenvalue weighted by Gasteiger charge is -2.37. The zero-order valence-electron chi connectivity index (χ0n) is 11.6. The predicted molar refractivity (Wildman–Crippen MR) is 77.0 cm³/mol. The molecule has 1 N–H and O–H groups in total. The third-order valence-corrected chi connectivity index (χ3v) is 4.11. The first-order valence-corrected chi connectivity index (χ1v) is 7.00. The Labute approximate surface area is 114 Å². The van der Waals surface area contributed by atoms with Gasteiger partial charge in [0.05, 0.1) is 5.69 Å². The van der Waals surface area contributed by atoms with Gasteiger partial charge in [-0.2, -0.15) is 5.10 Å². The monoisotopic (exact) mass is 255 g/mol. The van der Waals surface area contributed by atoms with E-state index in [4.69, 9.17) is 0 Å². The van der Waals surface area contributed by atoms with Gasteiger partial charge in [0.2, 0.25) is 0 Å². The number of hydrogen-bond donors (Lipinski definition) is 1. The van der Waals surface area contributed by atoms with Crippen molar-refractivity contribution in [2.24, 2.45) is 7.05 Å². The van der Waals surface area contributed by atoms with Crippen LogP contribution >= 0.6 is 0 Å². The lowest BCUT2D eigenvalue weighted by atomic mass is 9.74. The van der Waals surface area contributed by atoms with Crippen molar-refractivity contribution in [1.82, 2.24) is 15.1 Å². The molecule has 1 saturated carbocycles. The van der Waals surface area contributed by atoms with E-state index < -0.39 is 0 Å². The summed E-state index contributed by atoms with van der Waals surface area (Å²) in [5.41, 5.74) is 4.08. The number of hydrogen-bond acceptors (Lipinski definition) is 2. The summed E-state index contributed by atoms with van der Waals surface area (Å²) in [6.45, 7) is 3.09. The standard InChI is InChI=1S/C16H21N3/c1-12-5-3-4-6-16(12)13-9-15(10-13)17-11-14-7-8-19(2)18-14/h3-8,13,15,17H,9-11H2,1-2H3. The number of rotatable bonds is 4. The second kappa shape index (κ2) is 5.17. The van der Waals surface area contributed by atoms with E-state index >= 15 is 0 Å². The summed E-state index contributed by atoms with van der Waals surface area (Å²) in [6.07, 6.45) is 4.49. The fourth-order valence-electron chi connectivity index (χ4n) is 2.89. The summed E-state index contributed by atoms with van der Waals surface area (Å²) in [4.78, 5) is 0. The fourth-order valence-corrected chi connectivity index (χ4v) is 2.89. The Morgan fingerprint density at radius 3 is 2.74 bits per heavy atom. The molecule has 1 aromatic heterocycles. The molecule has 1 aromatic carbocycles. The van der Waals surface area contributed by atoms with Gasteiger partial charge in [0.15, 0.2) is 0 Å². The number of benzene rings is 1. The average molecular weight is 255 g/mol. The van der Waals surface area contributed by atoms with Gasteiger partial charge in [-0.25, -0.2) is 0 Å². The van der Waals surface area contributed by atoms with Crippen molar-refractivity contribution < 1.29 is 0 Å². The van der Waals surface area contributed by atoms with Gasteiger partial charge in [-0.3, -0.25) is 4.68 Å². The first kappa shape index (κ1) is 12.4. The number of nitrogens with zero attached hydrogens (tertiary/aromatic N) is 2. The van der Waals surface area contributed by atoms with E-state index in [2.05, 4.69) is 47.7 Å². The largest absolute Gasteiger partial charge is 0.308 e. The lowest BCUT2D eigenvalue weighted by molar-refractivity contribution is 0.287. The molecule has 0 atom stereocenters. The molecule has 1 fully saturated rings. The van der Waals surface area contributed by atoms with Crippen LogP contribution in [0.25, 0.3) is 0 Å². The molecule has 1 aliphatic carbocycles. The van der Waals surface area contributed by atoms with Crippen LogP contribution in [0.3, 0.4) is 0 Å². The van der Waals surface area contributed by atoms with Crippen LogP contribution in [-0.2, 0) is 13.6 Å². The first-order valence-electron chi connectivity index (χ1n) is 7.00. The van der Waals surface area contributed by atoms with E-state index in [1.165, 1.54) is 24.0 Å². The Hall–Kier alpha value is -1.61. The van der Waals surface area contributed by atoms with E-state index in [0.29, 0.717) is 6.04 Å². The Bertz CT molecular complexity index is 553. The van der Waals surface area contributed by atoms with Gasteiger partial charge in [-0.05, 0) is 42.9 Å². The van der Waals surface area contributed by atoms with E-state index in [1.807, 2.05) is 17.9 Å². The Morgan fingerprint density at radius 2 is 2.05 bits per heavy atom. The summed E-state index contributed by atoms with van der Waals surface area (Å²) >= 11 is 0. The molecule has 0 radical (unpaired) electrons. The molecule has 100 valence electrons. The molecule has 1 heterocycles. The highest BCUT2D eigenvalue weighted by atomic mass is 15.3. The van der Waals surface area contributed by atoms with Gasteiger partial charge < -0.3 is 5.32 Å². The van der Waals surface area contributed by atoms with Gasteiger partial charge in [0, 0.05) is 25.8 Å². The Balaban J connectivity index is 1.49. The lowest BCUT2D eigenvalue weighted by Crippen LogP contribution is -2.39. The molecule has 0 unspecified atom stereocenters. The van der Waals surface area contributed by atoms with Gasteiger partial charge in [0.1, 0.15) is 0 Å². The molecule has 3 heteroatoms. The average Bonchev–Trinajstić information content (AvgIpc) is 2.75. The maximum absolute atomic E-state index is 4.39. The fraction of sp³-hybridized carbons (Fsp3) is 0.438. The van der Waals surface area contributed by atoms with Crippen molar-refractivity contribution in [3.05, 3.63) is 53.3 Å². The van der Waals surface area contributed by atoms with E-state index in [9.17, 15) is 0 Å². The van der Waals surface area contributed by atoms with Crippen LogP contribution in [0.15, 0.2) is 36.5 Å². The predicted octanol–water partition coefficient (Wildman–Crippen LogP) is 2.76. The molecule has 3 rings (SSSR count). The van der Waals surface area contributed by atoms with Crippen LogP contribution in [-0.4, -0.2) is 15.8 Å². The van der Waals surface area contributed by atoms with Crippen LogP contribution in [0.1, 0.15) is 35.6 Å². The molecule has 0 bridgehead atoms. The number of nitrogens with one attached hydrogen (secondary N) is 1. The van der Waals surface area contributed by atoms with Crippen LogP contribution in [0.2, 0.25) is 0 Å². The van der Waals surface area contributed by atoms with Gasteiger partial charge in [-0.1, -0.05) is 24.3 Å². The smallest absolute Gasteiger partial charge is 0.0762 e. The zero-order chi connectivity index (χ0) is 13.2. The minimum absolute atomic E-state index is 0.645. The molecule has 0 amide bonds. The molecule has 2 aromatic rings. The molecule has 1 aliphatic rings. The SMILES string of the molecule is Cc1ccccc1C1CC(NCc2ccn(C)n2)C1. The maximum Gasteiger partial charge on any atom is 0.0762 e. The molecule has 0 saturated heterocycles. The zero-order valence-corrected chi connectivity index (χ0v) is 11.6. The van der Waals surface area contributed by atoms with Gasteiger partial charge in [-0.15, -0.1) is 0 Å². The molecule has 0 spiro atoms. The molecule has 19 heavy (non-hydrogen) atoms. The van der Waals surface area contributed by atoms with Crippen molar-refractivity contribution in [2.45, 2.75) is 38.3 Å². The second-order valence-electron chi connectivity index (χ2n) is 5.58. The van der Waals surface area contributed by atoms with E-state index in [1.54, 1.807) is 0 Å². The number of aromatic nitrogens is 2. The third kappa shape index (κ3) is 2.71. The minimum Gasteiger partial charge on any atom is -0.308 e. The summed E-state index contributed by atoms with van der Waals surface area (Å²) in [5, 5.41) is 7.98. The van der Waals surface area contributed by atoms with Crippen molar-refractivity contribution in [3.63, 3.8) is 0 Å². The Morgan fingerprint density at radius 1 is 1.26 bits per heavy atom. The normalized spacial score (nSPS) is 22.2. The molecule has 0 aliphatic heterocycles. The maximum atomic E-state index is 4.39. The topological polar surface area (TPSA) is 29.9 Å². The van der Waals surface area contributed by atoms with Crippen LogP contribution in [0.5, 0.6) is 0 Å². The van der Waals surface area contributed by atoms with Gasteiger partial charge >= 0.3 is 0 Å². The second-order valence-corrected chi connectivity index (χ2v) is 5.58. The quantitative estimate of drug-likeness (QED) is 0.910. The highest BCUT2D eigenvalue weighted by Gasteiger charge is 2.30. The molecular formula is C16H21N3. The van der Waals surface area contributed by atoms with E-state index in [0.717, 1.165) is 18.2 Å². The van der Waals surface area contributed by atoms with Crippen LogP contribution in [0.4, 0.5) is 0 Å². The first-order chi connectivity index (χ1) is 9.22.